The average molecular weight is 212 g/mol. The van der Waals surface area contributed by atoms with Gasteiger partial charge in [0.2, 0.25) is 5.91 Å². The topological polar surface area (TPSA) is 41.1 Å². The Kier molecular flexibility index (Phi) is 4.14. The van der Waals surface area contributed by atoms with E-state index in [4.69, 9.17) is 0 Å². The van der Waals surface area contributed by atoms with Gasteiger partial charge in [-0.05, 0) is 24.8 Å². The van der Waals surface area contributed by atoms with Crippen LogP contribution in [0.5, 0.6) is 0 Å². The van der Waals surface area contributed by atoms with Crippen LogP contribution >= 0.6 is 0 Å². The lowest BCUT2D eigenvalue weighted by molar-refractivity contribution is -0.128. The lowest BCUT2D eigenvalue weighted by atomic mass is 9.81. The molecule has 0 saturated carbocycles. The van der Waals surface area contributed by atoms with E-state index in [1.165, 1.54) is 0 Å². The zero-order chi connectivity index (χ0) is 11.5. The van der Waals surface area contributed by atoms with E-state index in [0.717, 1.165) is 25.9 Å². The molecule has 0 aliphatic carbocycles. The van der Waals surface area contributed by atoms with Gasteiger partial charge in [-0.3, -0.25) is 4.79 Å². The van der Waals surface area contributed by atoms with Gasteiger partial charge in [0.1, 0.15) is 0 Å². The lowest BCUT2D eigenvalue weighted by Gasteiger charge is -2.30. The lowest BCUT2D eigenvalue weighted by Crippen LogP contribution is -2.48. The monoisotopic (exact) mass is 212 g/mol. The summed E-state index contributed by atoms with van der Waals surface area (Å²) >= 11 is 0. The fourth-order valence-corrected chi connectivity index (χ4v) is 1.69. The fourth-order valence-electron chi connectivity index (χ4n) is 1.69. The number of carbonyl (C=O) groups excluding carboxylic acids is 1. The maximum Gasteiger partial charge on any atom is 0.223 e. The van der Waals surface area contributed by atoms with E-state index in [-0.39, 0.29) is 17.2 Å². The van der Waals surface area contributed by atoms with Crippen molar-refractivity contribution >= 4 is 5.91 Å². The summed E-state index contributed by atoms with van der Waals surface area (Å²) in [5.41, 5.74) is 0.0478. The molecule has 0 spiro atoms. The zero-order valence-electron chi connectivity index (χ0n) is 10.4. The molecule has 2 N–H and O–H groups in total. The molecule has 3 nitrogen and oxygen atoms in total. The van der Waals surface area contributed by atoms with E-state index in [9.17, 15) is 4.79 Å². The van der Waals surface area contributed by atoms with Gasteiger partial charge in [-0.25, -0.2) is 0 Å². The summed E-state index contributed by atoms with van der Waals surface area (Å²) < 4.78 is 0. The van der Waals surface area contributed by atoms with Gasteiger partial charge < -0.3 is 10.6 Å². The van der Waals surface area contributed by atoms with Crippen molar-refractivity contribution in [1.82, 2.24) is 10.6 Å². The summed E-state index contributed by atoms with van der Waals surface area (Å²) in [6, 6.07) is 0.330. The molecule has 0 aromatic carbocycles. The van der Waals surface area contributed by atoms with Gasteiger partial charge >= 0.3 is 0 Å². The molecule has 1 heterocycles. The van der Waals surface area contributed by atoms with Crippen molar-refractivity contribution in [3.8, 4) is 0 Å². The van der Waals surface area contributed by atoms with Crippen LogP contribution in [0.3, 0.4) is 0 Å². The highest BCUT2D eigenvalue weighted by Gasteiger charge is 2.28. The highest BCUT2D eigenvalue weighted by atomic mass is 16.2. The summed E-state index contributed by atoms with van der Waals surface area (Å²) in [5.74, 6) is 0.260. The first-order valence-corrected chi connectivity index (χ1v) is 5.92. The Hall–Kier alpha value is -0.570. The molecule has 2 atom stereocenters. The summed E-state index contributed by atoms with van der Waals surface area (Å²) in [6.45, 7) is 10.3. The molecular weight excluding hydrogens is 188 g/mol. The Labute approximate surface area is 93.0 Å². The minimum atomic E-state index is 0.0478. The van der Waals surface area contributed by atoms with Crippen LogP contribution in [0.25, 0.3) is 0 Å². The molecule has 0 aromatic heterocycles. The third-order valence-corrected chi connectivity index (χ3v) is 3.34. The molecule has 88 valence electrons. The number of nitrogens with one attached hydrogen (secondary N) is 2. The van der Waals surface area contributed by atoms with Gasteiger partial charge in [-0.2, -0.15) is 0 Å². The fraction of sp³-hybridized carbons (Fsp3) is 0.917. The van der Waals surface area contributed by atoms with Crippen molar-refractivity contribution < 1.29 is 4.79 Å². The van der Waals surface area contributed by atoms with Crippen molar-refractivity contribution in [2.75, 3.05) is 13.1 Å². The highest BCUT2D eigenvalue weighted by Crippen LogP contribution is 2.25. The van der Waals surface area contributed by atoms with Crippen molar-refractivity contribution in [3.05, 3.63) is 0 Å². The van der Waals surface area contributed by atoms with Gasteiger partial charge in [0, 0.05) is 18.5 Å². The molecule has 0 radical (unpaired) electrons. The van der Waals surface area contributed by atoms with E-state index in [1.54, 1.807) is 0 Å². The average Bonchev–Trinajstić information content (AvgIpc) is 2.16. The molecule has 3 heteroatoms. The summed E-state index contributed by atoms with van der Waals surface area (Å²) in [5, 5.41) is 6.43. The van der Waals surface area contributed by atoms with E-state index in [0.29, 0.717) is 6.04 Å². The Balaban J connectivity index is 2.40. The van der Waals surface area contributed by atoms with Gasteiger partial charge in [0.05, 0.1) is 0 Å². The second-order valence-corrected chi connectivity index (χ2v) is 5.64. The molecule has 1 rings (SSSR count). The molecule has 1 unspecified atom stereocenters. The van der Waals surface area contributed by atoms with Crippen LogP contribution < -0.4 is 10.6 Å². The number of amides is 1. The predicted octanol–water partition coefficient (Wildman–Crippen LogP) is 1.54. The molecule has 1 aliphatic heterocycles. The Morgan fingerprint density at radius 2 is 2.13 bits per heavy atom. The van der Waals surface area contributed by atoms with Crippen molar-refractivity contribution in [1.29, 1.82) is 0 Å². The van der Waals surface area contributed by atoms with Crippen LogP contribution in [-0.4, -0.2) is 25.0 Å². The molecule has 1 fully saturated rings. The van der Waals surface area contributed by atoms with Gasteiger partial charge in [-0.15, -0.1) is 0 Å². The van der Waals surface area contributed by atoms with Gasteiger partial charge in [-0.1, -0.05) is 27.7 Å². The maximum absolute atomic E-state index is 11.9. The van der Waals surface area contributed by atoms with Crippen LogP contribution in [0.4, 0.5) is 0 Å². The Bertz CT molecular complexity index is 214. The van der Waals surface area contributed by atoms with Crippen LogP contribution in [0.1, 0.15) is 40.5 Å². The molecule has 1 amide bonds. The quantitative estimate of drug-likeness (QED) is 0.729. The molecular formula is C12H24N2O. The minimum Gasteiger partial charge on any atom is -0.352 e. The summed E-state index contributed by atoms with van der Waals surface area (Å²) in [7, 11) is 0. The van der Waals surface area contributed by atoms with Gasteiger partial charge in [0.15, 0.2) is 0 Å². The Morgan fingerprint density at radius 1 is 1.47 bits per heavy atom. The smallest absolute Gasteiger partial charge is 0.223 e. The number of hydrogen-bond donors (Lipinski definition) is 2. The molecule has 0 bridgehead atoms. The number of hydrogen-bond acceptors (Lipinski definition) is 2. The second-order valence-electron chi connectivity index (χ2n) is 5.64. The standard InChI is InChI=1S/C12H24N2O/c1-9(12(2,3)4)11(15)14-10-6-5-7-13-8-10/h9-10,13H,5-8H2,1-4H3,(H,14,15)/t9?,10-/m0/s1. The second kappa shape index (κ2) is 4.97. The van der Waals surface area contributed by atoms with Crippen LogP contribution in [0.15, 0.2) is 0 Å². The number of carbonyl (C=O) groups is 1. The first kappa shape index (κ1) is 12.5. The van der Waals surface area contributed by atoms with Crippen LogP contribution in [-0.2, 0) is 4.79 Å². The molecule has 15 heavy (non-hydrogen) atoms. The van der Waals surface area contributed by atoms with E-state index in [1.807, 2.05) is 6.92 Å². The maximum atomic E-state index is 11.9. The summed E-state index contributed by atoms with van der Waals surface area (Å²) in [6.07, 6.45) is 2.27. The van der Waals surface area contributed by atoms with Crippen molar-refractivity contribution in [2.45, 2.75) is 46.6 Å². The van der Waals surface area contributed by atoms with Crippen LogP contribution in [0, 0.1) is 11.3 Å². The van der Waals surface area contributed by atoms with E-state index in [2.05, 4.69) is 31.4 Å². The van der Waals surface area contributed by atoms with Crippen LogP contribution in [0.2, 0.25) is 0 Å². The van der Waals surface area contributed by atoms with Gasteiger partial charge in [0.25, 0.3) is 0 Å². The number of rotatable bonds is 2. The van der Waals surface area contributed by atoms with Crippen molar-refractivity contribution in [2.24, 2.45) is 11.3 Å². The highest BCUT2D eigenvalue weighted by molar-refractivity contribution is 5.79. The SMILES string of the molecule is CC(C(=O)N[C@H]1CCCNC1)C(C)(C)C. The van der Waals surface area contributed by atoms with Crippen molar-refractivity contribution in [3.63, 3.8) is 0 Å². The first-order valence-electron chi connectivity index (χ1n) is 5.92. The normalized spacial score (nSPS) is 24.7. The molecule has 1 aliphatic rings. The third-order valence-electron chi connectivity index (χ3n) is 3.34. The molecule has 0 aromatic rings. The zero-order valence-corrected chi connectivity index (χ0v) is 10.4. The Morgan fingerprint density at radius 3 is 2.60 bits per heavy atom. The van der Waals surface area contributed by atoms with E-state index < -0.39 is 0 Å². The minimum absolute atomic E-state index is 0.0478. The molecule has 1 saturated heterocycles. The van der Waals surface area contributed by atoms with E-state index >= 15 is 0 Å². The largest absolute Gasteiger partial charge is 0.352 e. The predicted molar refractivity (Wildman–Crippen MR) is 62.7 cm³/mol. The summed E-state index contributed by atoms with van der Waals surface area (Å²) in [4.78, 5) is 11.9. The number of piperidine rings is 1. The first-order chi connectivity index (χ1) is 6.91. The third kappa shape index (κ3) is 3.82.